The molecular formula is C17H28N2O3. The van der Waals surface area contributed by atoms with E-state index in [1.807, 2.05) is 13.0 Å². The quantitative estimate of drug-likeness (QED) is 0.871. The summed E-state index contributed by atoms with van der Waals surface area (Å²) in [5, 5.41) is 3.65. The van der Waals surface area contributed by atoms with Crippen LogP contribution in [0.25, 0.3) is 0 Å². The summed E-state index contributed by atoms with van der Waals surface area (Å²) >= 11 is 0. The fourth-order valence-corrected chi connectivity index (χ4v) is 3.44. The molecule has 3 atom stereocenters. The maximum absolute atomic E-state index is 5.73. The fourth-order valence-electron chi connectivity index (χ4n) is 3.44. The molecule has 3 heterocycles. The Morgan fingerprint density at radius 1 is 1.23 bits per heavy atom. The van der Waals surface area contributed by atoms with E-state index < -0.39 is 0 Å². The van der Waals surface area contributed by atoms with Crippen molar-refractivity contribution >= 4 is 0 Å². The summed E-state index contributed by atoms with van der Waals surface area (Å²) in [5.74, 6) is 2.61. The highest BCUT2D eigenvalue weighted by molar-refractivity contribution is 5.09. The largest absolute Gasteiger partial charge is 0.465 e. The first kappa shape index (κ1) is 16.0. The molecule has 3 rings (SSSR count). The molecule has 1 N–H and O–H groups in total. The molecule has 0 radical (unpaired) electrons. The van der Waals surface area contributed by atoms with E-state index in [9.17, 15) is 0 Å². The van der Waals surface area contributed by atoms with Crippen molar-refractivity contribution < 1.29 is 13.9 Å². The van der Waals surface area contributed by atoms with Crippen molar-refractivity contribution in [3.8, 4) is 0 Å². The van der Waals surface area contributed by atoms with Crippen molar-refractivity contribution in [2.75, 3.05) is 46.1 Å². The molecule has 2 aliphatic heterocycles. The molecule has 0 aliphatic carbocycles. The molecule has 2 saturated heterocycles. The van der Waals surface area contributed by atoms with Gasteiger partial charge in [-0.05, 0) is 32.4 Å². The third kappa shape index (κ3) is 3.90. The van der Waals surface area contributed by atoms with E-state index in [1.54, 1.807) is 0 Å². The van der Waals surface area contributed by atoms with Gasteiger partial charge in [-0.25, -0.2) is 0 Å². The van der Waals surface area contributed by atoms with Crippen LogP contribution < -0.4 is 5.32 Å². The van der Waals surface area contributed by atoms with Crippen LogP contribution in [0.4, 0.5) is 0 Å². The maximum atomic E-state index is 5.73. The van der Waals surface area contributed by atoms with Gasteiger partial charge in [0.15, 0.2) is 0 Å². The smallest absolute Gasteiger partial charge is 0.120 e. The highest BCUT2D eigenvalue weighted by atomic mass is 16.5. The average molecular weight is 308 g/mol. The van der Waals surface area contributed by atoms with Crippen LogP contribution in [0.5, 0.6) is 0 Å². The zero-order chi connectivity index (χ0) is 15.4. The van der Waals surface area contributed by atoms with E-state index in [1.165, 1.54) is 0 Å². The van der Waals surface area contributed by atoms with Gasteiger partial charge in [-0.1, -0.05) is 0 Å². The number of rotatable bonds is 6. The first-order valence-electron chi connectivity index (χ1n) is 8.43. The Kier molecular flexibility index (Phi) is 5.52. The van der Waals surface area contributed by atoms with Crippen LogP contribution >= 0.6 is 0 Å². The van der Waals surface area contributed by atoms with Gasteiger partial charge in [0.2, 0.25) is 0 Å². The SMILES string of the molecule is Cc1ccc([C@H](C)NC[C@H]([C@H]2CCOC2)N2CCOCC2)o1. The van der Waals surface area contributed by atoms with Crippen molar-refractivity contribution in [3.05, 3.63) is 23.7 Å². The number of ether oxygens (including phenoxy) is 2. The lowest BCUT2D eigenvalue weighted by atomic mass is 9.96. The summed E-state index contributed by atoms with van der Waals surface area (Å²) in [7, 11) is 0. The first-order valence-corrected chi connectivity index (χ1v) is 8.43. The van der Waals surface area contributed by atoms with Crippen LogP contribution in [0.15, 0.2) is 16.5 Å². The molecule has 0 amide bonds. The van der Waals surface area contributed by atoms with E-state index in [2.05, 4.69) is 23.2 Å². The third-order valence-electron chi connectivity index (χ3n) is 4.84. The second kappa shape index (κ2) is 7.59. The number of nitrogens with zero attached hydrogens (tertiary/aromatic N) is 1. The normalized spacial score (nSPS) is 26.2. The minimum Gasteiger partial charge on any atom is -0.465 e. The number of hydrogen-bond acceptors (Lipinski definition) is 5. The van der Waals surface area contributed by atoms with Gasteiger partial charge in [0.05, 0.1) is 25.9 Å². The molecule has 0 bridgehead atoms. The van der Waals surface area contributed by atoms with Crippen LogP contribution in [-0.2, 0) is 9.47 Å². The summed E-state index contributed by atoms with van der Waals surface area (Å²) in [6, 6.07) is 4.84. The zero-order valence-electron chi connectivity index (χ0n) is 13.7. The molecule has 0 unspecified atom stereocenters. The monoisotopic (exact) mass is 308 g/mol. The van der Waals surface area contributed by atoms with Gasteiger partial charge in [-0.15, -0.1) is 0 Å². The van der Waals surface area contributed by atoms with Gasteiger partial charge in [0.1, 0.15) is 11.5 Å². The van der Waals surface area contributed by atoms with Crippen LogP contribution in [0.2, 0.25) is 0 Å². The van der Waals surface area contributed by atoms with E-state index in [0.29, 0.717) is 12.0 Å². The minimum atomic E-state index is 0.236. The predicted molar refractivity (Wildman–Crippen MR) is 85.0 cm³/mol. The van der Waals surface area contributed by atoms with Gasteiger partial charge in [0.25, 0.3) is 0 Å². The Hall–Kier alpha value is -0.880. The molecule has 0 spiro atoms. The van der Waals surface area contributed by atoms with Crippen LogP contribution in [0.1, 0.15) is 30.9 Å². The van der Waals surface area contributed by atoms with Crippen molar-refractivity contribution in [3.63, 3.8) is 0 Å². The zero-order valence-corrected chi connectivity index (χ0v) is 13.7. The van der Waals surface area contributed by atoms with E-state index in [-0.39, 0.29) is 6.04 Å². The molecule has 5 heteroatoms. The molecule has 124 valence electrons. The molecule has 1 aromatic rings. The van der Waals surface area contributed by atoms with E-state index in [0.717, 1.165) is 64.0 Å². The first-order chi connectivity index (χ1) is 10.7. The van der Waals surface area contributed by atoms with Crippen LogP contribution in [0, 0.1) is 12.8 Å². The maximum Gasteiger partial charge on any atom is 0.120 e. The van der Waals surface area contributed by atoms with Crippen molar-refractivity contribution in [1.82, 2.24) is 10.2 Å². The lowest BCUT2D eigenvalue weighted by molar-refractivity contribution is 0.000773. The lowest BCUT2D eigenvalue weighted by Gasteiger charge is -2.38. The molecule has 1 aromatic heterocycles. The summed E-state index contributed by atoms with van der Waals surface area (Å²) in [4.78, 5) is 2.57. The Balaban J connectivity index is 1.59. The Labute approximate surface area is 132 Å². The van der Waals surface area contributed by atoms with Gasteiger partial charge in [-0.2, -0.15) is 0 Å². The number of aryl methyl sites for hydroxylation is 1. The summed E-state index contributed by atoms with van der Waals surface area (Å²) < 4.78 is 16.8. The van der Waals surface area contributed by atoms with Gasteiger partial charge in [-0.3, -0.25) is 4.90 Å². The predicted octanol–water partition coefficient (Wildman–Crippen LogP) is 1.98. The molecule has 22 heavy (non-hydrogen) atoms. The van der Waals surface area contributed by atoms with Crippen molar-refractivity contribution in [2.24, 2.45) is 5.92 Å². The Morgan fingerprint density at radius 2 is 2.05 bits per heavy atom. The van der Waals surface area contributed by atoms with Gasteiger partial charge in [0, 0.05) is 38.2 Å². The molecule has 5 nitrogen and oxygen atoms in total. The minimum absolute atomic E-state index is 0.236. The molecule has 2 aliphatic rings. The van der Waals surface area contributed by atoms with Crippen LogP contribution in [0.3, 0.4) is 0 Å². The second-order valence-corrected chi connectivity index (χ2v) is 6.42. The molecule has 0 aromatic carbocycles. The fraction of sp³-hybridized carbons (Fsp3) is 0.765. The van der Waals surface area contributed by atoms with Crippen molar-refractivity contribution in [1.29, 1.82) is 0 Å². The summed E-state index contributed by atoms with van der Waals surface area (Å²) in [6.07, 6.45) is 1.16. The van der Waals surface area contributed by atoms with E-state index >= 15 is 0 Å². The Bertz CT molecular complexity index is 451. The molecule has 0 saturated carbocycles. The summed E-state index contributed by atoms with van der Waals surface area (Å²) in [5.41, 5.74) is 0. The van der Waals surface area contributed by atoms with Crippen LogP contribution in [-0.4, -0.2) is 57.0 Å². The molecule has 2 fully saturated rings. The third-order valence-corrected chi connectivity index (χ3v) is 4.84. The lowest BCUT2D eigenvalue weighted by Crippen LogP contribution is -2.51. The van der Waals surface area contributed by atoms with Gasteiger partial charge >= 0.3 is 0 Å². The Morgan fingerprint density at radius 3 is 2.68 bits per heavy atom. The van der Waals surface area contributed by atoms with E-state index in [4.69, 9.17) is 13.9 Å². The van der Waals surface area contributed by atoms with Crippen molar-refractivity contribution in [2.45, 2.75) is 32.4 Å². The summed E-state index contributed by atoms with van der Waals surface area (Å²) in [6.45, 7) is 10.6. The standard InChI is InChI=1S/C17H28N2O3/c1-13-3-4-17(22-13)14(2)18-11-16(15-5-8-21-12-15)19-6-9-20-10-7-19/h3-4,14-16,18H,5-12H2,1-2H3/t14-,15-,16+/m0/s1. The number of morpholine rings is 1. The molecular weight excluding hydrogens is 280 g/mol. The van der Waals surface area contributed by atoms with Gasteiger partial charge < -0.3 is 19.2 Å². The highest BCUT2D eigenvalue weighted by Crippen LogP contribution is 2.23. The highest BCUT2D eigenvalue weighted by Gasteiger charge is 2.31. The second-order valence-electron chi connectivity index (χ2n) is 6.42. The number of nitrogens with one attached hydrogen (secondary N) is 1. The number of furan rings is 1. The average Bonchev–Trinajstić information content (AvgIpc) is 3.20. The topological polar surface area (TPSA) is 46.9 Å². The number of hydrogen-bond donors (Lipinski definition) is 1.